The smallest absolute Gasteiger partial charge is 0.00910 e. The summed E-state index contributed by atoms with van der Waals surface area (Å²) >= 11 is 1.97. The summed E-state index contributed by atoms with van der Waals surface area (Å²) in [4.78, 5) is 2.68. The zero-order valence-electron chi connectivity index (χ0n) is 11.9. The summed E-state index contributed by atoms with van der Waals surface area (Å²) in [6.45, 7) is 4.99. The molecule has 1 N–H and O–H groups in total. The Labute approximate surface area is 112 Å². The molecule has 0 saturated carbocycles. The molecule has 1 rings (SSSR count). The Bertz CT molecular complexity index is 187. The standard InChI is InChI=1S/C14H30N2S/c1-13-12-14(15-2)8-10-16(13)9-6-4-5-7-11-17-3/h13-15H,4-12H2,1-3H3. The molecule has 1 saturated heterocycles. The molecular weight excluding hydrogens is 228 g/mol. The largest absolute Gasteiger partial charge is 0.317 e. The first kappa shape index (κ1) is 15.3. The van der Waals surface area contributed by atoms with Crippen LogP contribution in [0.3, 0.4) is 0 Å². The minimum absolute atomic E-state index is 0.753. The number of nitrogens with zero attached hydrogens (tertiary/aromatic N) is 1. The van der Waals surface area contributed by atoms with Crippen molar-refractivity contribution in [2.75, 3.05) is 32.1 Å². The van der Waals surface area contributed by atoms with Gasteiger partial charge in [-0.05, 0) is 64.8 Å². The van der Waals surface area contributed by atoms with Crippen LogP contribution in [0.4, 0.5) is 0 Å². The van der Waals surface area contributed by atoms with Gasteiger partial charge in [-0.25, -0.2) is 0 Å². The first-order valence-corrected chi connectivity index (χ1v) is 8.57. The number of nitrogens with one attached hydrogen (secondary N) is 1. The summed E-state index contributed by atoms with van der Waals surface area (Å²) in [6, 6.07) is 1.52. The van der Waals surface area contributed by atoms with Crippen molar-refractivity contribution < 1.29 is 0 Å². The van der Waals surface area contributed by atoms with Crippen LogP contribution in [0.5, 0.6) is 0 Å². The SMILES string of the molecule is CNC1CCN(CCCCCCSC)C(C)C1. The van der Waals surface area contributed by atoms with Crippen LogP contribution in [0.2, 0.25) is 0 Å². The van der Waals surface area contributed by atoms with Crippen molar-refractivity contribution in [2.45, 2.75) is 57.5 Å². The maximum Gasteiger partial charge on any atom is 0.00910 e. The van der Waals surface area contributed by atoms with Crippen molar-refractivity contribution >= 4 is 11.8 Å². The van der Waals surface area contributed by atoms with Gasteiger partial charge in [-0.15, -0.1) is 0 Å². The molecule has 0 spiro atoms. The van der Waals surface area contributed by atoms with Gasteiger partial charge in [-0.2, -0.15) is 11.8 Å². The van der Waals surface area contributed by atoms with E-state index in [1.54, 1.807) is 0 Å². The van der Waals surface area contributed by atoms with Crippen LogP contribution in [-0.4, -0.2) is 49.1 Å². The summed E-state index contributed by atoms with van der Waals surface area (Å²) < 4.78 is 0. The van der Waals surface area contributed by atoms with Gasteiger partial charge in [0, 0.05) is 12.1 Å². The van der Waals surface area contributed by atoms with E-state index in [9.17, 15) is 0 Å². The number of rotatable bonds is 8. The van der Waals surface area contributed by atoms with Crippen LogP contribution < -0.4 is 5.32 Å². The highest BCUT2D eigenvalue weighted by atomic mass is 32.2. The molecule has 2 nitrogen and oxygen atoms in total. The molecule has 102 valence electrons. The summed E-state index contributed by atoms with van der Waals surface area (Å²) in [5, 5.41) is 3.42. The maximum absolute atomic E-state index is 3.42. The Morgan fingerprint density at radius 2 is 2.00 bits per heavy atom. The van der Waals surface area contributed by atoms with Crippen molar-refractivity contribution in [3.05, 3.63) is 0 Å². The molecule has 0 bridgehead atoms. The number of unbranched alkanes of at least 4 members (excludes halogenated alkanes) is 3. The van der Waals surface area contributed by atoms with Crippen LogP contribution in [0, 0.1) is 0 Å². The molecule has 17 heavy (non-hydrogen) atoms. The molecular formula is C14H30N2S. The van der Waals surface area contributed by atoms with E-state index in [1.165, 1.54) is 57.4 Å². The van der Waals surface area contributed by atoms with Gasteiger partial charge in [0.1, 0.15) is 0 Å². The van der Waals surface area contributed by atoms with Gasteiger partial charge in [-0.1, -0.05) is 12.8 Å². The van der Waals surface area contributed by atoms with Gasteiger partial charge >= 0.3 is 0 Å². The van der Waals surface area contributed by atoms with E-state index in [-0.39, 0.29) is 0 Å². The Kier molecular flexibility index (Phi) is 8.33. The molecule has 1 fully saturated rings. The summed E-state index contributed by atoms with van der Waals surface area (Å²) in [6.07, 6.45) is 10.5. The molecule has 0 amide bonds. The second kappa shape index (κ2) is 9.23. The lowest BCUT2D eigenvalue weighted by Gasteiger charge is -2.37. The normalized spacial score (nSPS) is 26.3. The molecule has 0 aromatic heterocycles. The molecule has 2 unspecified atom stereocenters. The highest BCUT2D eigenvalue weighted by Gasteiger charge is 2.23. The van der Waals surface area contributed by atoms with Crippen molar-refractivity contribution in [2.24, 2.45) is 0 Å². The van der Waals surface area contributed by atoms with Gasteiger partial charge in [-0.3, -0.25) is 0 Å². The van der Waals surface area contributed by atoms with E-state index < -0.39 is 0 Å². The average Bonchev–Trinajstić information content (AvgIpc) is 2.35. The average molecular weight is 258 g/mol. The van der Waals surface area contributed by atoms with Crippen LogP contribution in [0.25, 0.3) is 0 Å². The first-order chi connectivity index (χ1) is 8.27. The van der Waals surface area contributed by atoms with Crippen LogP contribution in [-0.2, 0) is 0 Å². The van der Waals surface area contributed by atoms with Gasteiger partial charge in [0.15, 0.2) is 0 Å². The zero-order chi connectivity index (χ0) is 12.5. The molecule has 0 aromatic rings. The van der Waals surface area contributed by atoms with Crippen molar-refractivity contribution in [1.82, 2.24) is 10.2 Å². The van der Waals surface area contributed by atoms with Gasteiger partial charge in [0.05, 0.1) is 0 Å². The number of likely N-dealkylation sites (tertiary alicyclic amines) is 1. The van der Waals surface area contributed by atoms with E-state index >= 15 is 0 Å². The second-order valence-electron chi connectivity index (χ2n) is 5.30. The third kappa shape index (κ3) is 6.12. The predicted molar refractivity (Wildman–Crippen MR) is 80.0 cm³/mol. The Morgan fingerprint density at radius 1 is 1.24 bits per heavy atom. The third-order valence-corrected chi connectivity index (χ3v) is 4.66. The highest BCUT2D eigenvalue weighted by molar-refractivity contribution is 7.98. The number of thioether (sulfide) groups is 1. The van der Waals surface area contributed by atoms with E-state index in [0.29, 0.717) is 0 Å². The Balaban J connectivity index is 2.03. The summed E-state index contributed by atoms with van der Waals surface area (Å²) in [5.74, 6) is 1.34. The maximum atomic E-state index is 3.42. The molecule has 1 aliphatic heterocycles. The predicted octanol–water partition coefficient (Wildman–Crippen LogP) is 2.98. The molecule has 0 aliphatic carbocycles. The van der Waals surface area contributed by atoms with E-state index in [1.807, 2.05) is 11.8 Å². The minimum atomic E-state index is 0.753. The molecule has 0 radical (unpaired) electrons. The Hall–Kier alpha value is 0.270. The monoisotopic (exact) mass is 258 g/mol. The second-order valence-corrected chi connectivity index (χ2v) is 6.29. The van der Waals surface area contributed by atoms with E-state index in [2.05, 4.69) is 30.4 Å². The van der Waals surface area contributed by atoms with Gasteiger partial charge < -0.3 is 10.2 Å². The highest BCUT2D eigenvalue weighted by Crippen LogP contribution is 2.18. The zero-order valence-corrected chi connectivity index (χ0v) is 12.7. The fourth-order valence-electron chi connectivity index (χ4n) is 2.73. The van der Waals surface area contributed by atoms with E-state index in [0.717, 1.165) is 12.1 Å². The molecule has 1 aliphatic rings. The van der Waals surface area contributed by atoms with Crippen LogP contribution in [0.1, 0.15) is 45.4 Å². The third-order valence-electron chi connectivity index (χ3n) is 3.97. The number of hydrogen-bond donors (Lipinski definition) is 1. The lowest BCUT2D eigenvalue weighted by atomic mass is 9.98. The molecule has 1 heterocycles. The lowest BCUT2D eigenvalue weighted by molar-refractivity contribution is 0.136. The molecule has 3 heteroatoms. The first-order valence-electron chi connectivity index (χ1n) is 7.18. The topological polar surface area (TPSA) is 15.3 Å². The quantitative estimate of drug-likeness (QED) is 0.674. The molecule has 0 aromatic carbocycles. The fraction of sp³-hybridized carbons (Fsp3) is 1.00. The minimum Gasteiger partial charge on any atom is -0.317 e. The summed E-state index contributed by atoms with van der Waals surface area (Å²) in [5.41, 5.74) is 0. The van der Waals surface area contributed by atoms with Crippen LogP contribution >= 0.6 is 11.8 Å². The molecule has 2 atom stereocenters. The Morgan fingerprint density at radius 3 is 2.65 bits per heavy atom. The van der Waals surface area contributed by atoms with Crippen molar-refractivity contribution in [1.29, 1.82) is 0 Å². The van der Waals surface area contributed by atoms with Gasteiger partial charge in [0.2, 0.25) is 0 Å². The lowest BCUT2D eigenvalue weighted by Crippen LogP contribution is -2.46. The number of hydrogen-bond acceptors (Lipinski definition) is 3. The number of piperidine rings is 1. The van der Waals surface area contributed by atoms with Crippen LogP contribution in [0.15, 0.2) is 0 Å². The summed E-state index contributed by atoms with van der Waals surface area (Å²) in [7, 11) is 2.10. The van der Waals surface area contributed by atoms with E-state index in [4.69, 9.17) is 0 Å². The van der Waals surface area contributed by atoms with Gasteiger partial charge in [0.25, 0.3) is 0 Å². The van der Waals surface area contributed by atoms with Crippen molar-refractivity contribution in [3.8, 4) is 0 Å². The fourth-order valence-corrected chi connectivity index (χ4v) is 3.22. The van der Waals surface area contributed by atoms with Crippen molar-refractivity contribution in [3.63, 3.8) is 0 Å².